The Labute approximate surface area is 97.7 Å². The van der Waals surface area contributed by atoms with Crippen LogP contribution in [-0.4, -0.2) is 11.7 Å². The molecule has 0 heterocycles. The molecule has 1 aliphatic carbocycles. The lowest BCUT2D eigenvalue weighted by Gasteiger charge is -2.11. The minimum absolute atomic E-state index is 0.131. The van der Waals surface area contributed by atoms with Crippen LogP contribution < -0.4 is 5.32 Å². The van der Waals surface area contributed by atoms with E-state index in [0.29, 0.717) is 0 Å². The average molecular weight is 219 g/mol. The molecule has 2 N–H and O–H groups in total. The van der Waals surface area contributed by atoms with E-state index in [-0.39, 0.29) is 6.61 Å². The van der Waals surface area contributed by atoms with Crippen molar-refractivity contribution in [2.75, 3.05) is 6.54 Å². The molecule has 2 rings (SSSR count). The normalized spacial score (nSPS) is 17.4. The highest BCUT2D eigenvalue weighted by molar-refractivity contribution is 5.21. The topological polar surface area (TPSA) is 32.3 Å². The maximum absolute atomic E-state index is 8.93. The molecule has 0 amide bonds. The van der Waals surface area contributed by atoms with Gasteiger partial charge < -0.3 is 10.4 Å². The number of hydrogen-bond acceptors (Lipinski definition) is 2. The molecular weight excluding hydrogens is 198 g/mol. The number of aliphatic hydroxyl groups excluding tert-OH is 1. The number of hydrogen-bond donors (Lipinski definition) is 2. The van der Waals surface area contributed by atoms with E-state index < -0.39 is 0 Å². The SMILES string of the molecule is CC(CNCc1ccc(CO)cc1)C1CC1. The summed E-state index contributed by atoms with van der Waals surface area (Å²) in [4.78, 5) is 0. The average Bonchev–Trinajstić information content (AvgIpc) is 3.14. The summed E-state index contributed by atoms with van der Waals surface area (Å²) in [6.45, 7) is 4.52. The first kappa shape index (κ1) is 11.6. The second-order valence-corrected chi connectivity index (χ2v) is 4.92. The highest BCUT2D eigenvalue weighted by atomic mass is 16.3. The van der Waals surface area contributed by atoms with E-state index in [1.54, 1.807) is 0 Å². The van der Waals surface area contributed by atoms with Gasteiger partial charge in [-0.3, -0.25) is 0 Å². The lowest BCUT2D eigenvalue weighted by Crippen LogP contribution is -2.21. The van der Waals surface area contributed by atoms with Gasteiger partial charge in [-0.05, 0) is 42.3 Å². The monoisotopic (exact) mass is 219 g/mol. The fraction of sp³-hybridized carbons (Fsp3) is 0.571. The quantitative estimate of drug-likeness (QED) is 0.769. The molecule has 1 atom stereocenters. The highest BCUT2D eigenvalue weighted by Gasteiger charge is 2.27. The van der Waals surface area contributed by atoms with Crippen LogP contribution in [0.4, 0.5) is 0 Å². The number of aliphatic hydroxyl groups is 1. The Hall–Kier alpha value is -0.860. The molecule has 16 heavy (non-hydrogen) atoms. The second-order valence-electron chi connectivity index (χ2n) is 4.92. The molecule has 0 spiro atoms. The van der Waals surface area contributed by atoms with Crippen molar-refractivity contribution >= 4 is 0 Å². The molecule has 0 saturated heterocycles. The van der Waals surface area contributed by atoms with Crippen LogP contribution in [0.3, 0.4) is 0 Å². The minimum Gasteiger partial charge on any atom is -0.392 e. The van der Waals surface area contributed by atoms with Crippen molar-refractivity contribution in [2.24, 2.45) is 11.8 Å². The lowest BCUT2D eigenvalue weighted by atomic mass is 10.1. The van der Waals surface area contributed by atoms with Gasteiger partial charge in [-0.1, -0.05) is 31.2 Å². The molecule has 1 aromatic rings. The van der Waals surface area contributed by atoms with Crippen molar-refractivity contribution in [2.45, 2.75) is 32.9 Å². The smallest absolute Gasteiger partial charge is 0.0681 e. The summed E-state index contributed by atoms with van der Waals surface area (Å²) in [5.74, 6) is 1.79. The van der Waals surface area contributed by atoms with Crippen LogP contribution in [-0.2, 0) is 13.2 Å². The van der Waals surface area contributed by atoms with Gasteiger partial charge in [0.2, 0.25) is 0 Å². The Morgan fingerprint density at radius 2 is 1.88 bits per heavy atom. The van der Waals surface area contributed by atoms with Crippen LogP contribution in [0.5, 0.6) is 0 Å². The van der Waals surface area contributed by atoms with Gasteiger partial charge in [0.1, 0.15) is 0 Å². The first-order chi connectivity index (χ1) is 7.79. The van der Waals surface area contributed by atoms with Gasteiger partial charge in [0, 0.05) is 6.54 Å². The zero-order valence-corrected chi connectivity index (χ0v) is 9.95. The Balaban J connectivity index is 1.71. The van der Waals surface area contributed by atoms with Gasteiger partial charge in [-0.25, -0.2) is 0 Å². The van der Waals surface area contributed by atoms with Gasteiger partial charge in [0.05, 0.1) is 6.61 Å². The van der Waals surface area contributed by atoms with Crippen LogP contribution in [0.1, 0.15) is 30.9 Å². The number of benzene rings is 1. The Bertz CT molecular complexity index is 316. The Morgan fingerprint density at radius 3 is 2.44 bits per heavy atom. The first-order valence-electron chi connectivity index (χ1n) is 6.19. The van der Waals surface area contributed by atoms with Crippen molar-refractivity contribution < 1.29 is 5.11 Å². The maximum Gasteiger partial charge on any atom is 0.0681 e. The van der Waals surface area contributed by atoms with Crippen molar-refractivity contribution in [3.63, 3.8) is 0 Å². The van der Waals surface area contributed by atoms with E-state index in [1.165, 1.54) is 18.4 Å². The first-order valence-corrected chi connectivity index (χ1v) is 6.19. The van der Waals surface area contributed by atoms with E-state index >= 15 is 0 Å². The lowest BCUT2D eigenvalue weighted by molar-refractivity contribution is 0.282. The van der Waals surface area contributed by atoms with Crippen LogP contribution in [0.25, 0.3) is 0 Å². The molecular formula is C14H21NO. The molecule has 2 heteroatoms. The van der Waals surface area contributed by atoms with Crippen molar-refractivity contribution in [1.82, 2.24) is 5.32 Å². The van der Waals surface area contributed by atoms with E-state index in [1.807, 2.05) is 12.1 Å². The Kier molecular flexibility index (Phi) is 3.97. The van der Waals surface area contributed by atoms with Gasteiger partial charge in [0.25, 0.3) is 0 Å². The third kappa shape index (κ3) is 3.32. The highest BCUT2D eigenvalue weighted by Crippen LogP contribution is 2.36. The molecule has 1 aromatic carbocycles. The number of rotatable bonds is 6. The summed E-state index contributed by atoms with van der Waals surface area (Å²) in [6.07, 6.45) is 2.85. The number of nitrogens with one attached hydrogen (secondary N) is 1. The summed E-state index contributed by atoms with van der Waals surface area (Å²) >= 11 is 0. The van der Waals surface area contributed by atoms with Crippen molar-refractivity contribution in [3.05, 3.63) is 35.4 Å². The zero-order chi connectivity index (χ0) is 11.4. The molecule has 0 aromatic heterocycles. The summed E-state index contributed by atoms with van der Waals surface area (Å²) < 4.78 is 0. The molecule has 1 fully saturated rings. The van der Waals surface area contributed by atoms with Gasteiger partial charge >= 0.3 is 0 Å². The third-order valence-electron chi connectivity index (χ3n) is 3.43. The molecule has 0 aliphatic heterocycles. The van der Waals surface area contributed by atoms with Crippen LogP contribution in [0.15, 0.2) is 24.3 Å². The molecule has 0 bridgehead atoms. The molecule has 1 saturated carbocycles. The van der Waals surface area contributed by atoms with Gasteiger partial charge in [0.15, 0.2) is 0 Å². The second kappa shape index (κ2) is 5.46. The predicted molar refractivity (Wildman–Crippen MR) is 66.0 cm³/mol. The molecule has 1 unspecified atom stereocenters. The summed E-state index contributed by atoms with van der Waals surface area (Å²) in [6, 6.07) is 8.14. The molecule has 2 nitrogen and oxygen atoms in total. The summed E-state index contributed by atoms with van der Waals surface area (Å²) in [7, 11) is 0. The zero-order valence-electron chi connectivity index (χ0n) is 9.95. The Morgan fingerprint density at radius 1 is 1.25 bits per heavy atom. The fourth-order valence-electron chi connectivity index (χ4n) is 2.04. The van der Waals surface area contributed by atoms with Gasteiger partial charge in [-0.2, -0.15) is 0 Å². The van der Waals surface area contributed by atoms with E-state index in [9.17, 15) is 0 Å². The standard InChI is InChI=1S/C14H21NO/c1-11(14-6-7-14)8-15-9-12-2-4-13(10-16)5-3-12/h2-5,11,14-16H,6-10H2,1H3. The van der Waals surface area contributed by atoms with Crippen LogP contribution in [0.2, 0.25) is 0 Å². The molecule has 0 radical (unpaired) electrons. The maximum atomic E-state index is 8.93. The summed E-state index contributed by atoms with van der Waals surface area (Å²) in [5.41, 5.74) is 2.27. The third-order valence-corrected chi connectivity index (χ3v) is 3.43. The van der Waals surface area contributed by atoms with E-state index in [4.69, 9.17) is 5.11 Å². The van der Waals surface area contributed by atoms with E-state index in [0.717, 1.165) is 30.5 Å². The predicted octanol–water partition coefficient (Wildman–Crippen LogP) is 2.31. The van der Waals surface area contributed by atoms with Gasteiger partial charge in [-0.15, -0.1) is 0 Å². The van der Waals surface area contributed by atoms with E-state index in [2.05, 4.69) is 24.4 Å². The van der Waals surface area contributed by atoms with Crippen LogP contribution >= 0.6 is 0 Å². The minimum atomic E-state index is 0.131. The largest absolute Gasteiger partial charge is 0.392 e. The van der Waals surface area contributed by atoms with Crippen molar-refractivity contribution in [3.8, 4) is 0 Å². The van der Waals surface area contributed by atoms with Crippen LogP contribution in [0, 0.1) is 11.8 Å². The summed E-state index contributed by atoms with van der Waals surface area (Å²) in [5, 5.41) is 12.4. The fourth-order valence-corrected chi connectivity index (χ4v) is 2.04. The molecule has 88 valence electrons. The van der Waals surface area contributed by atoms with Crippen molar-refractivity contribution in [1.29, 1.82) is 0 Å². The molecule has 1 aliphatic rings.